The topological polar surface area (TPSA) is 84.1 Å². The molecule has 0 saturated heterocycles. The molecule has 0 radical (unpaired) electrons. The van der Waals surface area contributed by atoms with Gasteiger partial charge in [0, 0.05) is 34.9 Å². The number of H-pyrrole nitrogens is 1. The lowest BCUT2D eigenvalue weighted by atomic mass is 10.0. The molecule has 3 aromatic rings. The average Bonchev–Trinajstić information content (AvgIpc) is 3.05. The molecule has 7 heteroatoms. The van der Waals surface area contributed by atoms with Crippen LogP contribution in [0.5, 0.6) is 5.75 Å². The van der Waals surface area contributed by atoms with E-state index in [1.807, 2.05) is 19.1 Å². The Bertz CT molecular complexity index is 1040. The van der Waals surface area contributed by atoms with Crippen LogP contribution in [0.2, 0.25) is 5.02 Å². The molecule has 0 fully saturated rings. The van der Waals surface area contributed by atoms with Gasteiger partial charge in [0.15, 0.2) is 5.78 Å². The van der Waals surface area contributed by atoms with E-state index < -0.39 is 0 Å². The summed E-state index contributed by atoms with van der Waals surface area (Å²) in [6.07, 6.45) is 3.99. The number of carbonyl (C=O) groups is 2. The Kier molecular flexibility index (Phi) is 6.34. The zero-order chi connectivity index (χ0) is 21.0. The van der Waals surface area contributed by atoms with Crippen LogP contribution >= 0.6 is 11.6 Å². The minimum Gasteiger partial charge on any atom is -0.487 e. The first kappa shape index (κ1) is 20.6. The SMILES string of the molecule is CCc1c(C(=O)Nc2ccc(OCc3cccnc3)c(Cl)c2)[nH]c(C)c1C(C)=O. The van der Waals surface area contributed by atoms with Crippen LogP contribution in [0.4, 0.5) is 5.69 Å². The van der Waals surface area contributed by atoms with Crippen LogP contribution in [-0.2, 0) is 13.0 Å². The summed E-state index contributed by atoms with van der Waals surface area (Å²) >= 11 is 6.31. The van der Waals surface area contributed by atoms with Crippen molar-refractivity contribution in [2.45, 2.75) is 33.8 Å². The minimum atomic E-state index is -0.322. The smallest absolute Gasteiger partial charge is 0.272 e. The van der Waals surface area contributed by atoms with Crippen molar-refractivity contribution in [1.29, 1.82) is 0 Å². The quantitative estimate of drug-likeness (QED) is 0.537. The summed E-state index contributed by atoms with van der Waals surface area (Å²) in [5, 5.41) is 3.21. The van der Waals surface area contributed by atoms with E-state index in [0.29, 0.717) is 46.4 Å². The van der Waals surface area contributed by atoms with Gasteiger partial charge in [0.05, 0.1) is 5.02 Å². The van der Waals surface area contributed by atoms with E-state index in [2.05, 4.69) is 15.3 Å². The summed E-state index contributed by atoms with van der Waals surface area (Å²) in [5.41, 5.74) is 3.84. The number of ketones is 1. The summed E-state index contributed by atoms with van der Waals surface area (Å²) < 4.78 is 5.72. The van der Waals surface area contributed by atoms with E-state index in [9.17, 15) is 9.59 Å². The number of benzene rings is 1. The number of halogens is 1. The summed E-state index contributed by atoms with van der Waals surface area (Å²) in [5.74, 6) is 0.128. The predicted molar refractivity (Wildman–Crippen MR) is 113 cm³/mol. The van der Waals surface area contributed by atoms with Crippen molar-refractivity contribution in [1.82, 2.24) is 9.97 Å². The van der Waals surface area contributed by atoms with E-state index in [1.165, 1.54) is 6.92 Å². The summed E-state index contributed by atoms with van der Waals surface area (Å²) in [6.45, 7) is 5.55. The van der Waals surface area contributed by atoms with Crippen molar-refractivity contribution in [2.24, 2.45) is 0 Å². The van der Waals surface area contributed by atoms with E-state index >= 15 is 0 Å². The van der Waals surface area contributed by atoms with Crippen molar-refractivity contribution in [2.75, 3.05) is 5.32 Å². The van der Waals surface area contributed by atoms with Gasteiger partial charge in [0.1, 0.15) is 18.1 Å². The Labute approximate surface area is 174 Å². The first-order valence-electron chi connectivity index (χ1n) is 9.25. The number of carbonyl (C=O) groups excluding carboxylic acids is 2. The standard InChI is InChI=1S/C22H22ClN3O3/c1-4-17-20(14(3)27)13(2)25-21(17)22(28)26-16-7-8-19(18(23)10-16)29-12-15-6-5-9-24-11-15/h5-11,25H,4,12H2,1-3H3,(H,26,28). The number of rotatable bonds is 7. The highest BCUT2D eigenvalue weighted by Crippen LogP contribution is 2.29. The molecule has 29 heavy (non-hydrogen) atoms. The molecule has 1 amide bonds. The number of hydrogen-bond donors (Lipinski definition) is 2. The lowest BCUT2D eigenvalue weighted by Gasteiger charge is -2.11. The zero-order valence-corrected chi connectivity index (χ0v) is 17.3. The van der Waals surface area contributed by atoms with Gasteiger partial charge in [-0.2, -0.15) is 0 Å². The Balaban J connectivity index is 1.74. The number of anilines is 1. The molecular formula is C22H22ClN3O3. The molecule has 0 bridgehead atoms. The van der Waals surface area contributed by atoms with Gasteiger partial charge < -0.3 is 15.0 Å². The Hall–Kier alpha value is -3.12. The Morgan fingerprint density at radius 2 is 2.07 bits per heavy atom. The van der Waals surface area contributed by atoms with E-state index in [4.69, 9.17) is 16.3 Å². The van der Waals surface area contributed by atoms with Gasteiger partial charge in [-0.25, -0.2) is 0 Å². The van der Waals surface area contributed by atoms with Crippen LogP contribution in [0.1, 0.15) is 51.5 Å². The summed E-state index contributed by atoms with van der Waals surface area (Å²) in [7, 11) is 0. The van der Waals surface area contributed by atoms with Gasteiger partial charge >= 0.3 is 0 Å². The number of ether oxygens (including phenoxy) is 1. The fraction of sp³-hybridized carbons (Fsp3) is 0.227. The third-order valence-electron chi connectivity index (χ3n) is 4.53. The highest BCUT2D eigenvalue weighted by atomic mass is 35.5. The van der Waals surface area contributed by atoms with Crippen LogP contribution < -0.4 is 10.1 Å². The molecule has 2 N–H and O–H groups in total. The maximum atomic E-state index is 12.8. The Morgan fingerprint density at radius 3 is 2.69 bits per heavy atom. The number of aromatic amines is 1. The molecule has 0 aliphatic rings. The van der Waals surface area contributed by atoms with Crippen LogP contribution in [0, 0.1) is 6.92 Å². The lowest BCUT2D eigenvalue weighted by Crippen LogP contribution is -2.14. The highest BCUT2D eigenvalue weighted by Gasteiger charge is 2.21. The largest absolute Gasteiger partial charge is 0.487 e. The van der Waals surface area contributed by atoms with E-state index in [-0.39, 0.29) is 11.7 Å². The van der Waals surface area contributed by atoms with Crippen LogP contribution in [0.3, 0.4) is 0 Å². The van der Waals surface area contributed by atoms with Crippen LogP contribution in [0.25, 0.3) is 0 Å². The maximum absolute atomic E-state index is 12.8. The molecule has 0 atom stereocenters. The monoisotopic (exact) mass is 411 g/mol. The van der Waals surface area contributed by atoms with Crippen LogP contribution in [0.15, 0.2) is 42.7 Å². The predicted octanol–water partition coefficient (Wildman–Crippen LogP) is 4.97. The molecule has 2 heterocycles. The van der Waals surface area contributed by atoms with Crippen molar-refractivity contribution < 1.29 is 14.3 Å². The maximum Gasteiger partial charge on any atom is 0.272 e. The first-order valence-corrected chi connectivity index (χ1v) is 9.63. The van der Waals surface area contributed by atoms with Crippen molar-refractivity contribution in [3.63, 3.8) is 0 Å². The second-order valence-electron chi connectivity index (χ2n) is 6.64. The number of nitrogens with zero attached hydrogens (tertiary/aromatic N) is 1. The number of hydrogen-bond acceptors (Lipinski definition) is 4. The molecule has 3 rings (SSSR count). The highest BCUT2D eigenvalue weighted by molar-refractivity contribution is 6.32. The molecule has 6 nitrogen and oxygen atoms in total. The van der Waals surface area contributed by atoms with Crippen molar-refractivity contribution in [3.8, 4) is 5.75 Å². The normalized spacial score (nSPS) is 10.6. The molecule has 0 unspecified atom stereocenters. The number of aryl methyl sites for hydroxylation is 1. The van der Waals surface area contributed by atoms with E-state index in [1.54, 1.807) is 37.5 Å². The van der Waals surface area contributed by atoms with Gasteiger partial charge in [0.25, 0.3) is 5.91 Å². The van der Waals surface area contributed by atoms with E-state index in [0.717, 1.165) is 11.1 Å². The second kappa shape index (κ2) is 8.92. The molecule has 1 aromatic carbocycles. The fourth-order valence-electron chi connectivity index (χ4n) is 3.23. The summed E-state index contributed by atoms with van der Waals surface area (Å²) in [4.78, 5) is 31.7. The number of pyridine rings is 1. The molecule has 2 aromatic heterocycles. The second-order valence-corrected chi connectivity index (χ2v) is 7.04. The number of aromatic nitrogens is 2. The zero-order valence-electron chi connectivity index (χ0n) is 16.5. The van der Waals surface area contributed by atoms with Crippen molar-refractivity contribution in [3.05, 3.63) is 75.8 Å². The molecule has 0 saturated carbocycles. The van der Waals surface area contributed by atoms with Crippen molar-refractivity contribution >= 4 is 29.0 Å². The first-order chi connectivity index (χ1) is 13.9. The lowest BCUT2D eigenvalue weighted by molar-refractivity contribution is 0.101. The fourth-order valence-corrected chi connectivity index (χ4v) is 3.47. The molecule has 150 valence electrons. The third-order valence-corrected chi connectivity index (χ3v) is 4.83. The van der Waals surface area contributed by atoms with Gasteiger partial charge in [0.2, 0.25) is 0 Å². The number of Topliss-reactive ketones (excluding diaryl/α,β-unsaturated/α-hetero) is 1. The average molecular weight is 412 g/mol. The van der Waals surface area contributed by atoms with Gasteiger partial charge in [-0.3, -0.25) is 14.6 Å². The molecule has 0 spiro atoms. The molecular weight excluding hydrogens is 390 g/mol. The van der Waals surface area contributed by atoms with Gasteiger partial charge in [-0.1, -0.05) is 24.6 Å². The molecule has 0 aliphatic heterocycles. The van der Waals surface area contributed by atoms with Gasteiger partial charge in [-0.15, -0.1) is 0 Å². The summed E-state index contributed by atoms with van der Waals surface area (Å²) in [6, 6.07) is 8.80. The van der Waals surface area contributed by atoms with Gasteiger partial charge in [-0.05, 0) is 50.1 Å². The number of nitrogens with one attached hydrogen (secondary N) is 2. The third kappa shape index (κ3) is 4.66. The van der Waals surface area contributed by atoms with Crippen LogP contribution in [-0.4, -0.2) is 21.7 Å². The minimum absolute atomic E-state index is 0.0622. The Morgan fingerprint density at radius 1 is 1.28 bits per heavy atom. The molecule has 0 aliphatic carbocycles. The number of amides is 1.